The number of rotatable bonds is 6. The molecule has 1 unspecified atom stereocenters. The lowest BCUT2D eigenvalue weighted by Crippen LogP contribution is -2.26. The first-order chi connectivity index (χ1) is 9.20. The zero-order valence-electron chi connectivity index (χ0n) is 11.8. The minimum atomic E-state index is 0.0447. The summed E-state index contributed by atoms with van der Waals surface area (Å²) < 4.78 is 0. The summed E-state index contributed by atoms with van der Waals surface area (Å²) in [5.41, 5.74) is 0.869. The van der Waals surface area contributed by atoms with Crippen LogP contribution in [-0.2, 0) is 6.42 Å². The minimum absolute atomic E-state index is 0.0447. The van der Waals surface area contributed by atoms with Crippen molar-refractivity contribution >= 4 is 17.2 Å². The molecule has 5 heteroatoms. The van der Waals surface area contributed by atoms with E-state index in [0.717, 1.165) is 60.4 Å². The van der Waals surface area contributed by atoms with Gasteiger partial charge in [-0.1, -0.05) is 6.92 Å². The molecule has 2 N–H and O–H groups in total. The molecule has 1 fully saturated rings. The van der Waals surface area contributed by atoms with Gasteiger partial charge in [0.05, 0.1) is 10.7 Å². The lowest BCUT2D eigenvalue weighted by Gasteiger charge is -2.08. The van der Waals surface area contributed by atoms with E-state index in [4.69, 9.17) is 0 Å². The maximum atomic E-state index is 12.1. The van der Waals surface area contributed by atoms with Gasteiger partial charge >= 0.3 is 0 Å². The van der Waals surface area contributed by atoms with Crippen molar-refractivity contribution < 1.29 is 4.79 Å². The van der Waals surface area contributed by atoms with Gasteiger partial charge in [-0.25, -0.2) is 4.98 Å². The lowest BCUT2D eigenvalue weighted by atomic mass is 10.1. The van der Waals surface area contributed by atoms with Gasteiger partial charge in [-0.2, -0.15) is 0 Å². The Kier molecular flexibility index (Phi) is 5.34. The highest BCUT2D eigenvalue weighted by Gasteiger charge is 2.17. The Morgan fingerprint density at radius 1 is 1.58 bits per heavy atom. The van der Waals surface area contributed by atoms with Crippen LogP contribution < -0.4 is 10.6 Å². The molecule has 0 aromatic carbocycles. The van der Waals surface area contributed by atoms with Gasteiger partial charge in [0.15, 0.2) is 0 Å². The van der Waals surface area contributed by atoms with E-state index in [1.54, 1.807) is 0 Å². The molecule has 1 aliphatic heterocycles. The van der Waals surface area contributed by atoms with Crippen LogP contribution in [0.2, 0.25) is 0 Å². The molecular formula is C14H23N3OS. The summed E-state index contributed by atoms with van der Waals surface area (Å²) in [4.78, 5) is 17.3. The number of carbonyl (C=O) groups is 1. The number of hydrogen-bond donors (Lipinski definition) is 2. The molecule has 0 aliphatic carbocycles. The van der Waals surface area contributed by atoms with E-state index in [1.165, 1.54) is 17.8 Å². The maximum Gasteiger partial charge on any atom is 0.263 e. The largest absolute Gasteiger partial charge is 0.351 e. The molecule has 106 valence electrons. The third kappa shape index (κ3) is 4.01. The fourth-order valence-electron chi connectivity index (χ4n) is 2.41. The van der Waals surface area contributed by atoms with Crippen molar-refractivity contribution in [3.05, 3.63) is 15.6 Å². The van der Waals surface area contributed by atoms with Crippen LogP contribution in [0, 0.1) is 12.8 Å². The molecule has 1 aromatic rings. The third-order valence-electron chi connectivity index (χ3n) is 3.51. The van der Waals surface area contributed by atoms with E-state index in [0.29, 0.717) is 0 Å². The molecule has 19 heavy (non-hydrogen) atoms. The van der Waals surface area contributed by atoms with Gasteiger partial charge in [-0.15, -0.1) is 11.3 Å². The predicted octanol–water partition coefficient (Wildman–Crippen LogP) is 2.13. The Hall–Kier alpha value is -0.940. The minimum Gasteiger partial charge on any atom is -0.351 e. The molecule has 4 nitrogen and oxygen atoms in total. The van der Waals surface area contributed by atoms with Gasteiger partial charge in [-0.3, -0.25) is 4.79 Å². The first-order valence-corrected chi connectivity index (χ1v) is 7.97. The quantitative estimate of drug-likeness (QED) is 0.840. The second-order valence-electron chi connectivity index (χ2n) is 5.18. The van der Waals surface area contributed by atoms with Crippen LogP contribution in [0.4, 0.5) is 0 Å². The smallest absolute Gasteiger partial charge is 0.263 e. The molecule has 0 radical (unpaired) electrons. The lowest BCUT2D eigenvalue weighted by molar-refractivity contribution is 0.0955. The highest BCUT2D eigenvalue weighted by molar-refractivity contribution is 7.13. The molecular weight excluding hydrogens is 258 g/mol. The zero-order chi connectivity index (χ0) is 13.7. The molecule has 0 bridgehead atoms. The normalized spacial score (nSPS) is 18.7. The highest BCUT2D eigenvalue weighted by atomic mass is 32.1. The van der Waals surface area contributed by atoms with Crippen LogP contribution in [0.25, 0.3) is 0 Å². The van der Waals surface area contributed by atoms with Crippen LogP contribution in [-0.4, -0.2) is 30.5 Å². The van der Waals surface area contributed by atoms with Crippen LogP contribution in [0.3, 0.4) is 0 Å². The van der Waals surface area contributed by atoms with E-state index in [2.05, 4.69) is 22.5 Å². The number of aryl methyl sites for hydroxylation is 2. The highest BCUT2D eigenvalue weighted by Crippen LogP contribution is 2.19. The number of thiazole rings is 1. The molecule has 0 spiro atoms. The second kappa shape index (κ2) is 7.01. The summed E-state index contributed by atoms with van der Waals surface area (Å²) in [6.45, 7) is 7.03. The molecule has 1 aliphatic rings. The fourth-order valence-corrected chi connectivity index (χ4v) is 3.50. The maximum absolute atomic E-state index is 12.1. The van der Waals surface area contributed by atoms with E-state index < -0.39 is 0 Å². The molecule has 1 aromatic heterocycles. The molecule has 2 rings (SSSR count). The average Bonchev–Trinajstić information content (AvgIpc) is 2.99. The molecule has 1 amide bonds. The van der Waals surface area contributed by atoms with Crippen molar-refractivity contribution in [2.24, 2.45) is 5.92 Å². The topological polar surface area (TPSA) is 54.0 Å². The van der Waals surface area contributed by atoms with Crippen LogP contribution in [0.15, 0.2) is 0 Å². The third-order valence-corrected chi connectivity index (χ3v) is 4.73. The summed E-state index contributed by atoms with van der Waals surface area (Å²) >= 11 is 1.54. The van der Waals surface area contributed by atoms with E-state index >= 15 is 0 Å². The van der Waals surface area contributed by atoms with Crippen molar-refractivity contribution in [2.45, 2.75) is 39.5 Å². The monoisotopic (exact) mass is 281 g/mol. The number of carbonyl (C=O) groups excluding carboxylic acids is 1. The predicted molar refractivity (Wildman–Crippen MR) is 78.8 cm³/mol. The molecule has 1 saturated heterocycles. The van der Waals surface area contributed by atoms with Crippen molar-refractivity contribution in [3.63, 3.8) is 0 Å². The van der Waals surface area contributed by atoms with Crippen molar-refractivity contribution in [1.82, 2.24) is 15.6 Å². The van der Waals surface area contributed by atoms with E-state index in [-0.39, 0.29) is 5.91 Å². The Morgan fingerprint density at radius 2 is 2.42 bits per heavy atom. The van der Waals surface area contributed by atoms with Gasteiger partial charge < -0.3 is 10.6 Å². The molecule has 2 heterocycles. The Labute approximate surface area is 119 Å². The first kappa shape index (κ1) is 14.5. The molecule has 1 atom stereocenters. The number of nitrogens with zero attached hydrogens (tertiary/aromatic N) is 1. The van der Waals surface area contributed by atoms with Gasteiger partial charge in [0.25, 0.3) is 5.91 Å². The molecule has 0 saturated carbocycles. The Morgan fingerprint density at radius 3 is 3.11 bits per heavy atom. The summed E-state index contributed by atoms with van der Waals surface area (Å²) in [5, 5.41) is 7.45. The van der Waals surface area contributed by atoms with Crippen molar-refractivity contribution in [2.75, 3.05) is 19.6 Å². The number of amides is 1. The Balaban J connectivity index is 1.81. The average molecular weight is 281 g/mol. The fraction of sp³-hybridized carbons (Fsp3) is 0.714. The zero-order valence-corrected chi connectivity index (χ0v) is 12.6. The SMILES string of the molecule is CCCc1nc(C)c(C(=O)NCCC2CCNC2)s1. The van der Waals surface area contributed by atoms with Gasteiger partial charge in [0.2, 0.25) is 0 Å². The van der Waals surface area contributed by atoms with Crippen LogP contribution in [0.5, 0.6) is 0 Å². The summed E-state index contributed by atoms with van der Waals surface area (Å²) in [6, 6.07) is 0. The van der Waals surface area contributed by atoms with Crippen molar-refractivity contribution in [3.8, 4) is 0 Å². The first-order valence-electron chi connectivity index (χ1n) is 7.16. The Bertz CT molecular complexity index is 424. The van der Waals surface area contributed by atoms with Crippen LogP contribution >= 0.6 is 11.3 Å². The summed E-state index contributed by atoms with van der Waals surface area (Å²) in [6.07, 6.45) is 4.34. The standard InChI is InChI=1S/C14H23N3OS/c1-3-4-12-17-10(2)13(19-12)14(18)16-8-6-11-5-7-15-9-11/h11,15H,3-9H2,1-2H3,(H,16,18). The summed E-state index contributed by atoms with van der Waals surface area (Å²) in [7, 11) is 0. The summed E-state index contributed by atoms with van der Waals surface area (Å²) in [5.74, 6) is 0.766. The second-order valence-corrected chi connectivity index (χ2v) is 6.26. The van der Waals surface area contributed by atoms with Crippen molar-refractivity contribution in [1.29, 1.82) is 0 Å². The van der Waals surface area contributed by atoms with E-state index in [9.17, 15) is 4.79 Å². The van der Waals surface area contributed by atoms with Crippen LogP contribution in [0.1, 0.15) is 46.6 Å². The van der Waals surface area contributed by atoms with E-state index in [1.807, 2.05) is 6.92 Å². The number of aromatic nitrogens is 1. The number of nitrogens with one attached hydrogen (secondary N) is 2. The van der Waals surface area contributed by atoms with Gasteiger partial charge in [0.1, 0.15) is 4.88 Å². The number of hydrogen-bond acceptors (Lipinski definition) is 4. The van der Waals surface area contributed by atoms with Gasteiger partial charge in [0, 0.05) is 6.54 Å². The van der Waals surface area contributed by atoms with Gasteiger partial charge in [-0.05, 0) is 51.6 Å².